The van der Waals surface area contributed by atoms with Crippen LogP contribution < -0.4 is 5.32 Å². The number of hydrogen-bond donors (Lipinski definition) is 2. The first kappa shape index (κ1) is 13.7. The summed E-state index contributed by atoms with van der Waals surface area (Å²) in [6.07, 6.45) is 1.13. The molecule has 2 heterocycles. The average Bonchev–Trinajstić information content (AvgIpc) is 2.85. The summed E-state index contributed by atoms with van der Waals surface area (Å²) in [4.78, 5) is 18.0. The maximum Gasteiger partial charge on any atom is 0.289 e. The van der Waals surface area contributed by atoms with Crippen LogP contribution in [-0.4, -0.2) is 20.0 Å². The number of aromatic nitrogens is 2. The van der Waals surface area contributed by atoms with Crippen molar-refractivity contribution in [2.75, 3.05) is 5.32 Å². The number of aliphatic hydroxyl groups is 1. The zero-order valence-corrected chi connectivity index (χ0v) is 11.1. The zero-order chi connectivity index (χ0) is 13.8. The van der Waals surface area contributed by atoms with Crippen molar-refractivity contribution in [2.24, 2.45) is 0 Å². The highest BCUT2D eigenvalue weighted by Gasteiger charge is 2.11. The second-order valence-electron chi connectivity index (χ2n) is 3.53. The van der Waals surface area contributed by atoms with Crippen molar-refractivity contribution < 1.29 is 10.0 Å². The van der Waals surface area contributed by atoms with Gasteiger partial charge in [-0.1, -0.05) is 11.6 Å². The Morgan fingerprint density at radius 2 is 2.37 bits per heavy atom. The van der Waals surface area contributed by atoms with Gasteiger partial charge in [0.05, 0.1) is 28.8 Å². The molecule has 0 fully saturated rings. The molecule has 0 amide bonds. The minimum Gasteiger partial charge on any atom is -0.390 e. The first-order chi connectivity index (χ1) is 9.10. The fourth-order valence-electron chi connectivity index (χ4n) is 1.32. The van der Waals surface area contributed by atoms with Gasteiger partial charge in [0.2, 0.25) is 0 Å². The monoisotopic (exact) mass is 300 g/mol. The van der Waals surface area contributed by atoms with Crippen LogP contribution in [0.5, 0.6) is 0 Å². The number of thiazole rings is 1. The summed E-state index contributed by atoms with van der Waals surface area (Å²) in [6, 6.07) is 1.23. The second-order valence-corrected chi connectivity index (χ2v) is 4.88. The molecule has 0 atom stereocenters. The average molecular weight is 301 g/mol. The lowest BCUT2D eigenvalue weighted by molar-refractivity contribution is -0.385. The van der Waals surface area contributed by atoms with E-state index >= 15 is 0 Å². The predicted molar refractivity (Wildman–Crippen MR) is 71.3 cm³/mol. The van der Waals surface area contributed by atoms with Crippen LogP contribution in [0.25, 0.3) is 0 Å². The molecule has 0 bridgehead atoms. The third kappa shape index (κ3) is 3.37. The summed E-state index contributed by atoms with van der Waals surface area (Å²) in [7, 11) is 0. The molecule has 9 heteroatoms. The maximum absolute atomic E-state index is 10.5. The zero-order valence-electron chi connectivity index (χ0n) is 9.54. The molecule has 0 spiro atoms. The van der Waals surface area contributed by atoms with Gasteiger partial charge in [-0.25, -0.2) is 9.97 Å². The van der Waals surface area contributed by atoms with E-state index in [4.69, 9.17) is 16.7 Å². The lowest BCUT2D eigenvalue weighted by Gasteiger charge is -2.04. The Labute approximate surface area is 117 Å². The van der Waals surface area contributed by atoms with Gasteiger partial charge in [-0.05, 0) is 0 Å². The van der Waals surface area contributed by atoms with Crippen LogP contribution >= 0.6 is 22.9 Å². The fraction of sp³-hybridized carbons (Fsp3) is 0.200. The minimum atomic E-state index is -0.559. The van der Waals surface area contributed by atoms with Gasteiger partial charge in [-0.15, -0.1) is 11.3 Å². The van der Waals surface area contributed by atoms with Gasteiger partial charge >= 0.3 is 0 Å². The van der Waals surface area contributed by atoms with E-state index in [9.17, 15) is 10.1 Å². The molecule has 0 aromatic carbocycles. The van der Waals surface area contributed by atoms with Crippen molar-refractivity contribution in [3.63, 3.8) is 0 Å². The molecule has 0 unspecified atom stereocenters. The fourth-order valence-corrected chi connectivity index (χ4v) is 2.27. The van der Waals surface area contributed by atoms with Gasteiger partial charge in [0, 0.05) is 11.4 Å². The number of nitro groups is 1. The van der Waals surface area contributed by atoms with E-state index in [1.54, 1.807) is 5.38 Å². The molecule has 0 aliphatic heterocycles. The molecule has 2 N–H and O–H groups in total. The molecule has 100 valence electrons. The molecule has 0 saturated heterocycles. The van der Waals surface area contributed by atoms with Gasteiger partial charge < -0.3 is 10.4 Å². The molecule has 0 radical (unpaired) electrons. The third-order valence-corrected chi connectivity index (χ3v) is 3.39. The molecular weight excluding hydrogens is 292 g/mol. The van der Waals surface area contributed by atoms with E-state index in [2.05, 4.69) is 15.3 Å². The third-order valence-electron chi connectivity index (χ3n) is 2.21. The first-order valence-electron chi connectivity index (χ1n) is 5.18. The summed E-state index contributed by atoms with van der Waals surface area (Å²) in [6.45, 7) is 0.280. The van der Waals surface area contributed by atoms with Gasteiger partial charge in [0.15, 0.2) is 0 Å². The summed E-state index contributed by atoms with van der Waals surface area (Å²) < 4.78 is 0. The lowest BCUT2D eigenvalue weighted by Crippen LogP contribution is -2.02. The lowest BCUT2D eigenvalue weighted by atomic mass is 10.4. The Kier molecular flexibility index (Phi) is 4.25. The van der Waals surface area contributed by atoms with E-state index in [0.717, 1.165) is 11.2 Å². The van der Waals surface area contributed by atoms with E-state index in [0.29, 0.717) is 18.1 Å². The smallest absolute Gasteiger partial charge is 0.289 e. The van der Waals surface area contributed by atoms with Crippen molar-refractivity contribution in [1.82, 2.24) is 9.97 Å². The van der Waals surface area contributed by atoms with Gasteiger partial charge in [0.25, 0.3) is 5.69 Å². The number of halogens is 1. The van der Waals surface area contributed by atoms with Crippen LogP contribution in [0.15, 0.2) is 17.6 Å². The molecule has 0 aliphatic rings. The van der Waals surface area contributed by atoms with Crippen LogP contribution in [0.3, 0.4) is 0 Å². The number of aliphatic hydroxyl groups excluding tert-OH is 1. The molecule has 7 nitrogen and oxygen atoms in total. The minimum absolute atomic E-state index is 0.104. The predicted octanol–water partition coefficient (Wildman–Crippen LogP) is 2.20. The number of rotatable bonds is 5. The Balaban J connectivity index is 2.05. The van der Waals surface area contributed by atoms with Gasteiger partial charge in [0.1, 0.15) is 17.0 Å². The summed E-state index contributed by atoms with van der Waals surface area (Å²) in [5, 5.41) is 25.0. The van der Waals surface area contributed by atoms with Crippen LogP contribution in [0.2, 0.25) is 5.02 Å². The summed E-state index contributed by atoms with van der Waals surface area (Å²) >= 11 is 7.28. The number of nitrogens with one attached hydrogen (secondary N) is 1. The summed E-state index contributed by atoms with van der Waals surface area (Å²) in [5.74, 6) is 0.355. The number of nitrogens with zero attached hydrogens (tertiary/aromatic N) is 3. The van der Waals surface area contributed by atoms with Crippen molar-refractivity contribution in [3.8, 4) is 0 Å². The topological polar surface area (TPSA) is 101 Å². The first-order valence-corrected chi connectivity index (χ1v) is 6.44. The highest BCUT2D eigenvalue weighted by molar-refractivity contribution is 7.09. The normalized spacial score (nSPS) is 10.4. The van der Waals surface area contributed by atoms with Crippen LogP contribution in [0.4, 0.5) is 11.5 Å². The van der Waals surface area contributed by atoms with Crippen molar-refractivity contribution in [1.29, 1.82) is 0 Å². The van der Waals surface area contributed by atoms with Crippen molar-refractivity contribution in [2.45, 2.75) is 13.2 Å². The molecule has 0 saturated carbocycles. The Bertz CT molecular complexity index is 604. The molecule has 0 aliphatic carbocycles. The number of hydrogen-bond acceptors (Lipinski definition) is 7. The van der Waals surface area contributed by atoms with E-state index in [1.807, 2.05) is 0 Å². The Hall–Kier alpha value is -1.77. The van der Waals surface area contributed by atoms with Crippen LogP contribution in [0.1, 0.15) is 10.7 Å². The van der Waals surface area contributed by atoms with E-state index in [-0.39, 0.29) is 17.3 Å². The molecular formula is C10H9ClN4O3S. The van der Waals surface area contributed by atoms with Crippen LogP contribution in [0, 0.1) is 10.1 Å². The van der Waals surface area contributed by atoms with Crippen molar-refractivity contribution in [3.05, 3.63) is 43.5 Å². The van der Waals surface area contributed by atoms with Gasteiger partial charge in [-0.3, -0.25) is 10.1 Å². The second kappa shape index (κ2) is 5.91. The quantitative estimate of drug-likeness (QED) is 0.648. The molecule has 2 rings (SSSR count). The molecule has 2 aromatic rings. The highest BCUT2D eigenvalue weighted by atomic mass is 35.5. The highest BCUT2D eigenvalue weighted by Crippen LogP contribution is 2.24. The van der Waals surface area contributed by atoms with E-state index in [1.165, 1.54) is 17.4 Å². The SMILES string of the molecule is O=[N+]([O-])c1cnc(NCc2nc(CO)cs2)c(Cl)c1. The number of anilines is 1. The Morgan fingerprint density at radius 1 is 1.58 bits per heavy atom. The van der Waals surface area contributed by atoms with E-state index < -0.39 is 4.92 Å². The number of pyridine rings is 1. The molecule has 2 aromatic heterocycles. The Morgan fingerprint density at radius 3 is 2.95 bits per heavy atom. The summed E-state index contributed by atoms with van der Waals surface area (Å²) in [5.41, 5.74) is 0.442. The standard InChI is InChI=1S/C10H9ClN4O3S/c11-8-1-7(15(17)18)2-12-10(8)13-3-9-14-6(4-16)5-19-9/h1-2,5,16H,3-4H2,(H,12,13). The largest absolute Gasteiger partial charge is 0.390 e. The van der Waals surface area contributed by atoms with Crippen LogP contribution in [-0.2, 0) is 13.2 Å². The maximum atomic E-state index is 10.5. The van der Waals surface area contributed by atoms with Gasteiger partial charge in [-0.2, -0.15) is 0 Å². The molecule has 19 heavy (non-hydrogen) atoms. The van der Waals surface area contributed by atoms with Crippen molar-refractivity contribution >= 4 is 34.4 Å².